The summed E-state index contributed by atoms with van der Waals surface area (Å²) < 4.78 is 0. The van der Waals surface area contributed by atoms with Gasteiger partial charge in [0, 0.05) is 10.6 Å². The lowest BCUT2D eigenvalue weighted by atomic mass is 9.72. The second kappa shape index (κ2) is 8.83. The molecule has 0 saturated heterocycles. The van der Waals surface area contributed by atoms with Crippen molar-refractivity contribution in [2.75, 3.05) is 5.32 Å². The summed E-state index contributed by atoms with van der Waals surface area (Å²) in [5.74, 6) is 0.0379. The zero-order valence-corrected chi connectivity index (χ0v) is 18.4. The molecule has 1 aromatic carbocycles. The Hall–Kier alpha value is -2.59. The van der Waals surface area contributed by atoms with Crippen molar-refractivity contribution in [3.8, 4) is 5.75 Å². The van der Waals surface area contributed by atoms with Crippen LogP contribution in [0.25, 0.3) is 6.08 Å². The summed E-state index contributed by atoms with van der Waals surface area (Å²) in [6.45, 7) is 9.00. The van der Waals surface area contributed by atoms with Gasteiger partial charge in [0.2, 0.25) is 0 Å². The third-order valence-corrected chi connectivity index (χ3v) is 6.43. The Morgan fingerprint density at radius 1 is 1.17 bits per heavy atom. The van der Waals surface area contributed by atoms with Crippen molar-refractivity contribution >= 4 is 29.0 Å². The molecule has 2 aromatic rings. The van der Waals surface area contributed by atoms with Gasteiger partial charge in [-0.15, -0.1) is 11.3 Å². The first-order valence-corrected chi connectivity index (χ1v) is 10.8. The number of rotatable bonds is 5. The zero-order valence-electron chi connectivity index (χ0n) is 17.6. The molecule has 1 amide bonds. The molecule has 0 unspecified atom stereocenters. The Kier molecular flexibility index (Phi) is 6.43. The van der Waals surface area contributed by atoms with Gasteiger partial charge in [0.05, 0.1) is 4.88 Å². The number of nitrogens with one attached hydrogen (secondary N) is 1. The Morgan fingerprint density at radius 2 is 1.90 bits per heavy atom. The van der Waals surface area contributed by atoms with Gasteiger partial charge < -0.3 is 10.4 Å². The van der Waals surface area contributed by atoms with E-state index in [0.29, 0.717) is 10.6 Å². The van der Waals surface area contributed by atoms with E-state index in [0.717, 1.165) is 4.88 Å². The van der Waals surface area contributed by atoms with Gasteiger partial charge in [-0.25, -0.2) is 0 Å². The second-order valence-corrected chi connectivity index (χ2v) is 9.47. The molecular formula is C25H29NO2S. The van der Waals surface area contributed by atoms with Crippen molar-refractivity contribution in [2.24, 2.45) is 5.41 Å². The minimum absolute atomic E-state index is 0.140. The van der Waals surface area contributed by atoms with Crippen LogP contribution < -0.4 is 5.32 Å². The van der Waals surface area contributed by atoms with Gasteiger partial charge in [0.1, 0.15) is 5.75 Å². The first-order valence-electron chi connectivity index (χ1n) is 10.0. The maximum atomic E-state index is 12.4. The van der Waals surface area contributed by atoms with Crippen LogP contribution in [0.4, 0.5) is 5.69 Å². The van der Waals surface area contributed by atoms with Crippen molar-refractivity contribution in [3.05, 3.63) is 75.0 Å². The lowest BCUT2D eigenvalue weighted by molar-refractivity contribution is 0.103. The van der Waals surface area contributed by atoms with E-state index in [2.05, 4.69) is 51.2 Å². The van der Waals surface area contributed by atoms with Gasteiger partial charge in [0.25, 0.3) is 5.91 Å². The summed E-state index contributed by atoms with van der Waals surface area (Å²) in [4.78, 5) is 14.1. The number of aromatic hydroxyl groups is 1. The zero-order chi connectivity index (χ0) is 21.0. The van der Waals surface area contributed by atoms with E-state index in [1.165, 1.54) is 47.3 Å². The molecule has 0 bridgehead atoms. The fraction of sp³-hybridized carbons (Fsp3) is 0.320. The molecule has 0 spiro atoms. The number of benzene rings is 1. The number of amides is 1. The minimum atomic E-state index is -0.140. The predicted octanol–water partition coefficient (Wildman–Crippen LogP) is 7.19. The van der Waals surface area contributed by atoms with Crippen molar-refractivity contribution < 1.29 is 9.90 Å². The topological polar surface area (TPSA) is 49.3 Å². The highest BCUT2D eigenvalue weighted by atomic mass is 32.1. The molecule has 2 N–H and O–H groups in total. The number of phenolic OH excluding ortho intramolecular Hbond substituents is 1. The van der Waals surface area contributed by atoms with Crippen LogP contribution in [-0.2, 0) is 0 Å². The number of hydrogen-bond donors (Lipinski definition) is 2. The van der Waals surface area contributed by atoms with Crippen molar-refractivity contribution in [3.63, 3.8) is 0 Å². The van der Waals surface area contributed by atoms with Crippen molar-refractivity contribution in [1.82, 2.24) is 0 Å². The summed E-state index contributed by atoms with van der Waals surface area (Å²) in [6.07, 6.45) is 10.3. The first-order chi connectivity index (χ1) is 13.7. The SMILES string of the molecule is CC(C=CC1=C(C)CCCC1(C)C)=Cc1ccc(C(=O)Nc2ccc(O)cc2)s1. The standard InChI is InChI=1S/C25H29NO2S/c1-17(7-13-22-18(2)6-5-15-25(22,3)4)16-21-12-14-23(29-21)24(28)26-19-8-10-20(27)11-9-19/h7-14,16,27H,5-6,15H2,1-4H3,(H,26,28). The van der Waals surface area contributed by atoms with E-state index in [9.17, 15) is 9.90 Å². The van der Waals surface area contributed by atoms with Crippen LogP contribution in [0.2, 0.25) is 0 Å². The number of carbonyl (C=O) groups excluding carboxylic acids is 1. The highest BCUT2D eigenvalue weighted by Crippen LogP contribution is 2.40. The predicted molar refractivity (Wildman–Crippen MR) is 124 cm³/mol. The summed E-state index contributed by atoms with van der Waals surface area (Å²) >= 11 is 1.47. The van der Waals surface area contributed by atoms with Gasteiger partial charge in [-0.05, 0) is 92.1 Å². The third-order valence-electron chi connectivity index (χ3n) is 5.40. The average molecular weight is 408 g/mol. The number of phenols is 1. The lowest BCUT2D eigenvalue weighted by Crippen LogP contribution is -2.19. The van der Waals surface area contributed by atoms with Gasteiger partial charge in [-0.2, -0.15) is 0 Å². The first kappa shape index (κ1) is 21.1. The summed E-state index contributed by atoms with van der Waals surface area (Å²) in [5.41, 5.74) is 5.02. The molecule has 0 atom stereocenters. The molecule has 1 aliphatic carbocycles. The summed E-state index contributed by atoms with van der Waals surface area (Å²) in [7, 11) is 0. The smallest absolute Gasteiger partial charge is 0.265 e. The van der Waals surface area contributed by atoms with Gasteiger partial charge in [0.15, 0.2) is 0 Å². The molecule has 152 valence electrons. The van der Waals surface area contributed by atoms with Gasteiger partial charge in [-0.1, -0.05) is 31.6 Å². The Balaban J connectivity index is 1.69. The molecule has 0 saturated carbocycles. The number of thiophene rings is 1. The van der Waals surface area contributed by atoms with E-state index in [1.54, 1.807) is 24.3 Å². The third kappa shape index (κ3) is 5.48. The monoisotopic (exact) mass is 407 g/mol. The molecule has 29 heavy (non-hydrogen) atoms. The van der Waals surface area contributed by atoms with Gasteiger partial charge >= 0.3 is 0 Å². The Morgan fingerprint density at radius 3 is 2.59 bits per heavy atom. The summed E-state index contributed by atoms with van der Waals surface area (Å²) in [6, 6.07) is 10.3. The van der Waals surface area contributed by atoms with E-state index in [1.807, 2.05) is 12.1 Å². The van der Waals surface area contributed by atoms with Crippen molar-refractivity contribution in [2.45, 2.75) is 47.0 Å². The van der Waals surface area contributed by atoms with E-state index in [4.69, 9.17) is 0 Å². The van der Waals surface area contributed by atoms with Crippen LogP contribution in [0.5, 0.6) is 5.75 Å². The van der Waals surface area contributed by atoms with E-state index < -0.39 is 0 Å². The maximum absolute atomic E-state index is 12.4. The highest BCUT2D eigenvalue weighted by molar-refractivity contribution is 7.15. The van der Waals surface area contributed by atoms with E-state index >= 15 is 0 Å². The molecule has 3 nitrogen and oxygen atoms in total. The van der Waals surface area contributed by atoms with Crippen molar-refractivity contribution in [1.29, 1.82) is 0 Å². The van der Waals surface area contributed by atoms with E-state index in [-0.39, 0.29) is 17.1 Å². The van der Waals surface area contributed by atoms with Crippen LogP contribution in [0, 0.1) is 5.41 Å². The average Bonchev–Trinajstić information content (AvgIpc) is 3.11. The maximum Gasteiger partial charge on any atom is 0.265 e. The fourth-order valence-electron chi connectivity index (χ4n) is 3.79. The van der Waals surface area contributed by atoms with Crippen LogP contribution in [0.1, 0.15) is 61.5 Å². The number of anilines is 1. The molecule has 1 aliphatic rings. The quantitative estimate of drug-likeness (QED) is 0.407. The number of hydrogen-bond acceptors (Lipinski definition) is 3. The second-order valence-electron chi connectivity index (χ2n) is 8.36. The molecular weight excluding hydrogens is 378 g/mol. The van der Waals surface area contributed by atoms with Gasteiger partial charge in [-0.3, -0.25) is 4.79 Å². The molecule has 4 heteroatoms. The molecule has 0 radical (unpaired) electrons. The molecule has 1 heterocycles. The Labute approximate surface area is 177 Å². The highest BCUT2D eigenvalue weighted by Gasteiger charge is 2.26. The fourth-order valence-corrected chi connectivity index (χ4v) is 4.70. The minimum Gasteiger partial charge on any atom is -0.508 e. The number of carbonyl (C=O) groups is 1. The Bertz CT molecular complexity index is 975. The largest absolute Gasteiger partial charge is 0.508 e. The lowest BCUT2D eigenvalue weighted by Gasteiger charge is -2.32. The number of allylic oxidation sites excluding steroid dienone is 5. The molecule has 0 aliphatic heterocycles. The van der Waals surface area contributed by atoms with Crippen LogP contribution in [-0.4, -0.2) is 11.0 Å². The summed E-state index contributed by atoms with van der Waals surface area (Å²) in [5, 5.41) is 12.2. The van der Waals surface area contributed by atoms with Crippen LogP contribution >= 0.6 is 11.3 Å². The normalized spacial score (nSPS) is 17.0. The van der Waals surface area contributed by atoms with Crippen LogP contribution in [0.15, 0.2) is 65.3 Å². The molecule has 1 aromatic heterocycles. The van der Waals surface area contributed by atoms with Crippen LogP contribution in [0.3, 0.4) is 0 Å². The molecule has 0 fully saturated rings. The molecule has 3 rings (SSSR count).